The number of aromatic nitrogens is 2. The van der Waals surface area contributed by atoms with Gasteiger partial charge in [-0.1, -0.05) is 102 Å². The van der Waals surface area contributed by atoms with Crippen LogP contribution in [0.25, 0.3) is 107 Å². The van der Waals surface area contributed by atoms with Crippen LogP contribution in [0.4, 0.5) is 0 Å². The zero-order chi connectivity index (χ0) is 35.7. The molecule has 0 spiro atoms. The minimum Gasteiger partial charge on any atom is -0.308 e. The molecule has 0 fully saturated rings. The van der Waals surface area contributed by atoms with Crippen molar-refractivity contribution in [1.82, 2.24) is 8.80 Å². The van der Waals surface area contributed by atoms with Crippen LogP contribution in [0, 0.1) is 0 Å². The zero-order valence-electron chi connectivity index (χ0n) is 30.8. The van der Waals surface area contributed by atoms with Crippen molar-refractivity contribution >= 4 is 108 Å². The summed E-state index contributed by atoms with van der Waals surface area (Å²) >= 11 is 1.92. The Kier molecular flexibility index (Phi) is 5.45. The molecule has 0 saturated carbocycles. The summed E-state index contributed by atoms with van der Waals surface area (Å²) in [5, 5.41) is 13.5. The van der Waals surface area contributed by atoms with Gasteiger partial charge in [0.2, 0.25) is 0 Å². The molecule has 5 aromatic heterocycles. The van der Waals surface area contributed by atoms with E-state index in [2.05, 4.69) is 172 Å². The van der Waals surface area contributed by atoms with Gasteiger partial charge in [0.15, 0.2) is 0 Å². The van der Waals surface area contributed by atoms with Crippen LogP contribution in [-0.2, 0) is 10.8 Å². The Bertz CT molecular complexity index is 3500. The first-order valence-corrected chi connectivity index (χ1v) is 19.7. The molecule has 0 N–H and O–H groups in total. The Balaban J connectivity index is 1.29. The Morgan fingerprint density at radius 3 is 1.68 bits per heavy atom. The molecule has 3 heteroatoms. The summed E-state index contributed by atoms with van der Waals surface area (Å²) < 4.78 is 7.86. The van der Waals surface area contributed by atoms with Crippen molar-refractivity contribution in [1.29, 1.82) is 0 Å². The lowest BCUT2D eigenvalue weighted by Crippen LogP contribution is -2.11. The molecule has 0 radical (unpaired) electrons. The molecule has 2 nitrogen and oxygen atoms in total. The minimum absolute atomic E-state index is 0.0181. The highest BCUT2D eigenvalue weighted by atomic mass is 32.1. The quantitative estimate of drug-likeness (QED) is 0.161. The summed E-state index contributed by atoms with van der Waals surface area (Å²) in [5.41, 5.74) is 13.2. The molecule has 0 atom stereocenters. The fourth-order valence-corrected chi connectivity index (χ4v) is 10.7. The van der Waals surface area contributed by atoms with Crippen LogP contribution in [0.2, 0.25) is 0 Å². The number of nitrogens with zero attached hydrogens (tertiary/aromatic N) is 2. The van der Waals surface area contributed by atoms with Crippen LogP contribution in [0.3, 0.4) is 0 Å². The zero-order valence-corrected chi connectivity index (χ0v) is 31.7. The monoisotopic (exact) mass is 698 g/mol. The molecule has 0 amide bonds. The van der Waals surface area contributed by atoms with Crippen molar-refractivity contribution in [2.45, 2.75) is 52.4 Å². The molecule has 53 heavy (non-hydrogen) atoms. The second-order valence-corrected chi connectivity index (χ2v) is 18.5. The summed E-state index contributed by atoms with van der Waals surface area (Å²) in [5.74, 6) is 0. The fraction of sp³-hybridized carbons (Fsp3) is 0.160. The first-order valence-electron chi connectivity index (χ1n) is 18.9. The normalized spacial score (nSPS) is 13.5. The van der Waals surface area contributed by atoms with Crippen molar-refractivity contribution in [3.63, 3.8) is 0 Å². The number of thiophene rings is 1. The SMILES string of the molecule is CC(C)(C)c1ccc2c(c1)c1cc(C(C)(C)C)cc3c4cc5c(cc4n2c13)c1cc2sc3ccccc3c2c2c3cc(-c4ccccc4)ccc3n5c12. The van der Waals surface area contributed by atoms with E-state index in [0.717, 1.165) is 0 Å². The maximum Gasteiger partial charge on any atom is 0.0627 e. The molecule has 0 aliphatic carbocycles. The predicted octanol–water partition coefficient (Wildman–Crippen LogP) is 14.6. The van der Waals surface area contributed by atoms with Crippen molar-refractivity contribution in [2.24, 2.45) is 0 Å². The standard InChI is InChI=1S/C50H38N2S/c1-49(2,3)29-17-19-39-32(21-29)35-22-30(50(4,5)6)23-36-33-24-42-34(25-41(33)51(39)47(35)36)37-26-44-45(31-14-10-11-15-43(31)53-44)46-38-20-28(27-12-8-7-9-13-27)16-18-40(38)52(42)48(37)46/h7-26H,1-6H3. The van der Waals surface area contributed by atoms with Gasteiger partial charge in [0.25, 0.3) is 0 Å². The Morgan fingerprint density at radius 1 is 0.377 bits per heavy atom. The lowest BCUT2D eigenvalue weighted by Gasteiger charge is -2.20. The lowest BCUT2D eigenvalue weighted by atomic mass is 9.84. The maximum atomic E-state index is 2.59. The van der Waals surface area contributed by atoms with E-state index in [1.165, 1.54) is 119 Å². The molecule has 0 unspecified atom stereocenters. The highest BCUT2D eigenvalue weighted by Gasteiger charge is 2.27. The minimum atomic E-state index is 0.0181. The van der Waals surface area contributed by atoms with E-state index in [-0.39, 0.29) is 10.8 Å². The number of hydrogen-bond donors (Lipinski definition) is 0. The van der Waals surface area contributed by atoms with E-state index in [0.29, 0.717) is 0 Å². The van der Waals surface area contributed by atoms with E-state index in [9.17, 15) is 0 Å². The van der Waals surface area contributed by atoms with Crippen molar-refractivity contribution in [3.05, 3.63) is 132 Å². The van der Waals surface area contributed by atoms with Gasteiger partial charge in [-0.25, -0.2) is 0 Å². The summed E-state index contributed by atoms with van der Waals surface area (Å²) in [6, 6.07) is 46.6. The third-order valence-corrected chi connectivity index (χ3v) is 13.4. The highest BCUT2D eigenvalue weighted by Crippen LogP contribution is 2.50. The fourth-order valence-electron chi connectivity index (χ4n) is 9.57. The lowest BCUT2D eigenvalue weighted by molar-refractivity contribution is 0.590. The molecule has 5 heterocycles. The van der Waals surface area contributed by atoms with Gasteiger partial charge in [-0.05, 0) is 93.7 Å². The average molecular weight is 699 g/mol. The molecule has 254 valence electrons. The van der Waals surface area contributed by atoms with Crippen LogP contribution in [0.5, 0.6) is 0 Å². The van der Waals surface area contributed by atoms with Gasteiger partial charge < -0.3 is 8.80 Å². The summed E-state index contributed by atoms with van der Waals surface area (Å²) in [4.78, 5) is 0. The van der Waals surface area contributed by atoms with Crippen molar-refractivity contribution < 1.29 is 0 Å². The van der Waals surface area contributed by atoms with Crippen molar-refractivity contribution in [3.8, 4) is 11.1 Å². The third kappa shape index (κ3) is 3.78. The molecule has 0 aliphatic heterocycles. The van der Waals surface area contributed by atoms with Gasteiger partial charge in [-0.3, -0.25) is 0 Å². The van der Waals surface area contributed by atoms with Gasteiger partial charge in [-0.15, -0.1) is 11.3 Å². The molecule has 7 aromatic carbocycles. The molecular weight excluding hydrogens is 661 g/mol. The van der Waals surface area contributed by atoms with E-state index < -0.39 is 0 Å². The van der Waals surface area contributed by atoms with E-state index in [1.807, 2.05) is 11.3 Å². The van der Waals surface area contributed by atoms with Crippen LogP contribution < -0.4 is 0 Å². The van der Waals surface area contributed by atoms with Gasteiger partial charge in [0.05, 0.1) is 33.1 Å². The predicted molar refractivity (Wildman–Crippen MR) is 231 cm³/mol. The average Bonchev–Trinajstić information content (AvgIpc) is 3.93. The Hall–Kier alpha value is -5.64. The van der Waals surface area contributed by atoms with Crippen LogP contribution in [0.15, 0.2) is 121 Å². The maximum absolute atomic E-state index is 2.59. The molecule has 12 aromatic rings. The largest absolute Gasteiger partial charge is 0.308 e. The smallest absolute Gasteiger partial charge is 0.0627 e. The summed E-state index contributed by atoms with van der Waals surface area (Å²) in [7, 11) is 0. The van der Waals surface area contributed by atoms with Crippen LogP contribution in [-0.4, -0.2) is 8.80 Å². The van der Waals surface area contributed by atoms with Gasteiger partial charge in [0, 0.05) is 63.3 Å². The van der Waals surface area contributed by atoms with Crippen LogP contribution in [0.1, 0.15) is 52.7 Å². The molecular formula is C50H38N2S. The first-order chi connectivity index (χ1) is 25.5. The number of hydrogen-bond acceptors (Lipinski definition) is 1. The molecule has 0 aliphatic rings. The summed E-state index contributed by atoms with van der Waals surface area (Å²) in [6.45, 7) is 14.0. The summed E-state index contributed by atoms with van der Waals surface area (Å²) in [6.07, 6.45) is 0. The number of fused-ring (bicyclic) bond motifs is 16. The second-order valence-electron chi connectivity index (χ2n) is 17.4. The van der Waals surface area contributed by atoms with Crippen molar-refractivity contribution in [2.75, 3.05) is 0 Å². The molecule has 0 saturated heterocycles. The third-order valence-electron chi connectivity index (χ3n) is 12.2. The van der Waals surface area contributed by atoms with Gasteiger partial charge in [0.1, 0.15) is 0 Å². The highest BCUT2D eigenvalue weighted by molar-refractivity contribution is 7.26. The van der Waals surface area contributed by atoms with Crippen LogP contribution >= 0.6 is 11.3 Å². The Morgan fingerprint density at radius 2 is 0.962 bits per heavy atom. The van der Waals surface area contributed by atoms with E-state index in [4.69, 9.17) is 0 Å². The molecule has 12 rings (SSSR count). The van der Waals surface area contributed by atoms with E-state index >= 15 is 0 Å². The van der Waals surface area contributed by atoms with Gasteiger partial charge in [-0.2, -0.15) is 0 Å². The Labute approximate surface area is 311 Å². The molecule has 0 bridgehead atoms. The number of benzene rings is 7. The second kappa shape index (κ2) is 9.66. The first kappa shape index (κ1) is 29.9. The topological polar surface area (TPSA) is 8.82 Å². The van der Waals surface area contributed by atoms with Gasteiger partial charge >= 0.3 is 0 Å². The van der Waals surface area contributed by atoms with E-state index in [1.54, 1.807) is 0 Å². The number of rotatable bonds is 1.